The van der Waals surface area contributed by atoms with E-state index >= 15 is 0 Å². The lowest BCUT2D eigenvalue weighted by Gasteiger charge is -2.09. The highest BCUT2D eigenvalue weighted by atomic mass is 32.1. The fraction of sp³-hybridized carbons (Fsp3) is 0.350. The van der Waals surface area contributed by atoms with E-state index in [2.05, 4.69) is 33.6 Å². The third-order valence-electron chi connectivity index (χ3n) is 4.49. The van der Waals surface area contributed by atoms with E-state index in [1.807, 2.05) is 31.2 Å². The number of aryl methyl sites for hydroxylation is 2. The van der Waals surface area contributed by atoms with Gasteiger partial charge in [0, 0.05) is 23.0 Å². The SMILES string of the molecule is CCc1cc2c(NCc3ccc(C(=O)NC4CC4)cc3)nc(C)nc2s1. The van der Waals surface area contributed by atoms with Crippen LogP contribution in [-0.4, -0.2) is 21.9 Å². The van der Waals surface area contributed by atoms with Crippen molar-refractivity contribution < 1.29 is 4.79 Å². The summed E-state index contributed by atoms with van der Waals surface area (Å²) in [5.74, 6) is 1.67. The van der Waals surface area contributed by atoms with E-state index in [9.17, 15) is 4.79 Å². The molecule has 0 bridgehead atoms. The monoisotopic (exact) mass is 366 g/mol. The van der Waals surface area contributed by atoms with Crippen molar-refractivity contribution in [1.82, 2.24) is 15.3 Å². The van der Waals surface area contributed by atoms with E-state index in [-0.39, 0.29) is 5.91 Å². The molecule has 0 saturated heterocycles. The summed E-state index contributed by atoms with van der Waals surface area (Å²) in [6.45, 7) is 4.73. The maximum Gasteiger partial charge on any atom is 0.251 e. The molecule has 2 heterocycles. The average Bonchev–Trinajstić information content (AvgIpc) is 3.35. The van der Waals surface area contributed by atoms with Gasteiger partial charge in [-0.2, -0.15) is 0 Å². The number of nitrogens with zero attached hydrogens (tertiary/aromatic N) is 2. The maximum absolute atomic E-state index is 12.1. The molecule has 26 heavy (non-hydrogen) atoms. The normalized spacial score (nSPS) is 13.8. The fourth-order valence-electron chi connectivity index (χ4n) is 2.84. The predicted octanol–water partition coefficient (Wildman–Crippen LogP) is 4.07. The zero-order chi connectivity index (χ0) is 18.1. The van der Waals surface area contributed by atoms with Crippen LogP contribution in [-0.2, 0) is 13.0 Å². The Morgan fingerprint density at radius 2 is 2.00 bits per heavy atom. The largest absolute Gasteiger partial charge is 0.365 e. The van der Waals surface area contributed by atoms with Crippen LogP contribution in [0.1, 0.15) is 46.4 Å². The number of aromatic nitrogens is 2. The molecule has 1 aliphatic carbocycles. The summed E-state index contributed by atoms with van der Waals surface area (Å²) in [4.78, 5) is 23.5. The maximum atomic E-state index is 12.1. The molecule has 1 saturated carbocycles. The van der Waals surface area contributed by atoms with Gasteiger partial charge < -0.3 is 10.6 Å². The molecule has 1 fully saturated rings. The Hall–Kier alpha value is -2.47. The number of carbonyl (C=O) groups excluding carboxylic acids is 1. The number of hydrogen-bond acceptors (Lipinski definition) is 5. The number of amides is 1. The zero-order valence-electron chi connectivity index (χ0n) is 15.0. The van der Waals surface area contributed by atoms with Gasteiger partial charge in [0.2, 0.25) is 0 Å². The number of anilines is 1. The van der Waals surface area contributed by atoms with Gasteiger partial charge >= 0.3 is 0 Å². The molecule has 0 radical (unpaired) electrons. The molecule has 0 unspecified atom stereocenters. The fourth-order valence-corrected chi connectivity index (χ4v) is 3.86. The molecule has 3 aromatic rings. The van der Waals surface area contributed by atoms with Crippen LogP contribution < -0.4 is 10.6 Å². The summed E-state index contributed by atoms with van der Waals surface area (Å²) in [5, 5.41) is 7.52. The van der Waals surface area contributed by atoms with Crippen molar-refractivity contribution in [3.63, 3.8) is 0 Å². The van der Waals surface area contributed by atoms with Crippen LogP contribution in [0.3, 0.4) is 0 Å². The Morgan fingerprint density at radius 1 is 1.23 bits per heavy atom. The van der Waals surface area contributed by atoms with Crippen molar-refractivity contribution >= 4 is 33.3 Å². The van der Waals surface area contributed by atoms with Crippen molar-refractivity contribution in [1.29, 1.82) is 0 Å². The first-order valence-corrected chi connectivity index (χ1v) is 9.84. The Balaban J connectivity index is 1.47. The first kappa shape index (κ1) is 17.0. The van der Waals surface area contributed by atoms with Crippen molar-refractivity contribution in [2.75, 3.05) is 5.32 Å². The number of carbonyl (C=O) groups is 1. The Kier molecular flexibility index (Phi) is 4.59. The van der Waals surface area contributed by atoms with Crippen LogP contribution in [0.5, 0.6) is 0 Å². The molecule has 1 aliphatic rings. The minimum absolute atomic E-state index is 0.0190. The van der Waals surface area contributed by atoms with Gasteiger partial charge in [-0.3, -0.25) is 4.79 Å². The van der Waals surface area contributed by atoms with Crippen molar-refractivity contribution in [3.05, 3.63) is 52.2 Å². The third-order valence-corrected chi connectivity index (χ3v) is 5.67. The van der Waals surface area contributed by atoms with Crippen LogP contribution in [0.25, 0.3) is 10.2 Å². The van der Waals surface area contributed by atoms with E-state index in [1.165, 1.54) is 4.88 Å². The molecule has 2 N–H and O–H groups in total. The van der Waals surface area contributed by atoms with E-state index < -0.39 is 0 Å². The van der Waals surface area contributed by atoms with E-state index in [1.54, 1.807) is 11.3 Å². The summed E-state index contributed by atoms with van der Waals surface area (Å²) in [6.07, 6.45) is 3.20. The van der Waals surface area contributed by atoms with Gasteiger partial charge in [0.1, 0.15) is 16.5 Å². The molecule has 0 atom stereocenters. The molecule has 5 nitrogen and oxygen atoms in total. The molecule has 4 rings (SSSR count). The van der Waals surface area contributed by atoms with Gasteiger partial charge in [-0.1, -0.05) is 19.1 Å². The van der Waals surface area contributed by atoms with Crippen molar-refractivity contribution in [2.45, 2.75) is 45.7 Å². The lowest BCUT2D eigenvalue weighted by molar-refractivity contribution is 0.0951. The number of nitrogens with one attached hydrogen (secondary N) is 2. The average molecular weight is 366 g/mol. The summed E-state index contributed by atoms with van der Waals surface area (Å²) in [5.41, 5.74) is 1.83. The number of hydrogen-bond donors (Lipinski definition) is 2. The molecular weight excluding hydrogens is 344 g/mol. The summed E-state index contributed by atoms with van der Waals surface area (Å²) < 4.78 is 0. The van der Waals surface area contributed by atoms with Crippen LogP contribution in [0.4, 0.5) is 5.82 Å². The van der Waals surface area contributed by atoms with Gasteiger partial charge in [0.15, 0.2) is 0 Å². The van der Waals surface area contributed by atoms with E-state index in [4.69, 9.17) is 0 Å². The minimum atomic E-state index is 0.0190. The molecule has 0 aliphatic heterocycles. The molecule has 1 aromatic carbocycles. The molecule has 134 valence electrons. The lowest BCUT2D eigenvalue weighted by Crippen LogP contribution is -2.25. The smallest absolute Gasteiger partial charge is 0.251 e. The summed E-state index contributed by atoms with van der Waals surface area (Å²) in [6, 6.07) is 10.3. The molecular formula is C20H22N4OS. The highest BCUT2D eigenvalue weighted by Crippen LogP contribution is 2.29. The highest BCUT2D eigenvalue weighted by Gasteiger charge is 2.23. The van der Waals surface area contributed by atoms with Crippen molar-refractivity contribution in [2.24, 2.45) is 0 Å². The van der Waals surface area contributed by atoms with Gasteiger partial charge in [-0.25, -0.2) is 9.97 Å². The molecule has 2 aromatic heterocycles. The van der Waals surface area contributed by atoms with Gasteiger partial charge in [-0.05, 0) is 49.9 Å². The second kappa shape index (κ2) is 7.03. The summed E-state index contributed by atoms with van der Waals surface area (Å²) in [7, 11) is 0. The quantitative estimate of drug-likeness (QED) is 0.690. The van der Waals surface area contributed by atoms with Crippen LogP contribution in [0.2, 0.25) is 0 Å². The molecule has 6 heteroatoms. The van der Waals surface area contributed by atoms with Crippen LogP contribution in [0, 0.1) is 6.92 Å². The first-order chi connectivity index (χ1) is 12.6. The Morgan fingerprint density at radius 3 is 2.69 bits per heavy atom. The minimum Gasteiger partial charge on any atom is -0.365 e. The Bertz CT molecular complexity index is 944. The topological polar surface area (TPSA) is 66.9 Å². The van der Waals surface area contributed by atoms with E-state index in [0.717, 1.165) is 46.7 Å². The van der Waals surface area contributed by atoms with Crippen molar-refractivity contribution in [3.8, 4) is 0 Å². The van der Waals surface area contributed by atoms with Crippen LogP contribution >= 0.6 is 11.3 Å². The highest BCUT2D eigenvalue weighted by molar-refractivity contribution is 7.18. The third kappa shape index (κ3) is 3.70. The summed E-state index contributed by atoms with van der Waals surface area (Å²) >= 11 is 1.73. The van der Waals surface area contributed by atoms with Gasteiger partial charge in [0.25, 0.3) is 5.91 Å². The Labute approximate surface area is 156 Å². The van der Waals surface area contributed by atoms with Crippen LogP contribution in [0.15, 0.2) is 30.3 Å². The zero-order valence-corrected chi connectivity index (χ0v) is 15.8. The van der Waals surface area contributed by atoms with Gasteiger partial charge in [-0.15, -0.1) is 11.3 Å². The lowest BCUT2D eigenvalue weighted by atomic mass is 10.1. The molecule has 0 spiro atoms. The molecule has 1 amide bonds. The number of thiophene rings is 1. The predicted molar refractivity (Wildman–Crippen MR) is 106 cm³/mol. The standard InChI is InChI=1S/C20H22N4OS/c1-3-16-10-17-18(22-12(2)23-20(17)26-16)21-11-13-4-6-14(7-5-13)19(25)24-15-8-9-15/h4-7,10,15H,3,8-9,11H2,1-2H3,(H,24,25)(H,21,22,23). The second-order valence-electron chi connectivity index (χ2n) is 6.70. The van der Waals surface area contributed by atoms with E-state index in [0.29, 0.717) is 18.2 Å². The number of rotatable bonds is 6. The second-order valence-corrected chi connectivity index (χ2v) is 7.82. The number of benzene rings is 1. The van der Waals surface area contributed by atoms with Gasteiger partial charge in [0.05, 0.1) is 5.39 Å². The first-order valence-electron chi connectivity index (χ1n) is 9.03. The number of fused-ring (bicyclic) bond motifs is 1.